The van der Waals surface area contributed by atoms with Crippen LogP contribution in [0.5, 0.6) is 0 Å². The van der Waals surface area contributed by atoms with Crippen LogP contribution >= 0.6 is 22.9 Å². The Kier molecular flexibility index (Phi) is 4.24. The molecule has 0 aliphatic rings. The lowest BCUT2D eigenvalue weighted by atomic mass is 10.1. The predicted octanol–water partition coefficient (Wildman–Crippen LogP) is 5.36. The van der Waals surface area contributed by atoms with E-state index in [2.05, 4.69) is 49.5 Å². The molecule has 4 heteroatoms. The van der Waals surface area contributed by atoms with Crippen LogP contribution in [0.15, 0.2) is 48.5 Å². The molecule has 2 atom stereocenters. The molecule has 0 amide bonds. The number of benzene rings is 2. The van der Waals surface area contributed by atoms with Gasteiger partial charge in [-0.25, -0.2) is 4.98 Å². The number of rotatable bonds is 4. The van der Waals surface area contributed by atoms with E-state index in [9.17, 15) is 0 Å². The third-order valence-corrected chi connectivity index (χ3v) is 5.02. The van der Waals surface area contributed by atoms with Crippen molar-refractivity contribution in [2.75, 3.05) is 0 Å². The molecule has 2 aromatic carbocycles. The van der Waals surface area contributed by atoms with Gasteiger partial charge in [0.1, 0.15) is 5.01 Å². The Morgan fingerprint density at radius 1 is 1.00 bits per heavy atom. The van der Waals surface area contributed by atoms with Crippen molar-refractivity contribution in [3.63, 3.8) is 0 Å². The SMILES string of the molecule is CC(N[C@@H](C)c1ccc(Cl)cc1)c1nc2ccccc2s1. The molecule has 1 aromatic heterocycles. The smallest absolute Gasteiger partial charge is 0.111 e. The van der Waals surface area contributed by atoms with Crippen molar-refractivity contribution < 1.29 is 0 Å². The largest absolute Gasteiger partial charge is 0.302 e. The Morgan fingerprint density at radius 2 is 1.71 bits per heavy atom. The van der Waals surface area contributed by atoms with Crippen LogP contribution < -0.4 is 5.32 Å². The van der Waals surface area contributed by atoms with E-state index < -0.39 is 0 Å². The summed E-state index contributed by atoms with van der Waals surface area (Å²) < 4.78 is 1.24. The van der Waals surface area contributed by atoms with Gasteiger partial charge < -0.3 is 5.32 Å². The lowest BCUT2D eigenvalue weighted by Crippen LogP contribution is -2.22. The van der Waals surface area contributed by atoms with Gasteiger partial charge in [0, 0.05) is 11.1 Å². The highest BCUT2D eigenvalue weighted by molar-refractivity contribution is 7.18. The van der Waals surface area contributed by atoms with Gasteiger partial charge >= 0.3 is 0 Å². The summed E-state index contributed by atoms with van der Waals surface area (Å²) in [6.07, 6.45) is 0. The van der Waals surface area contributed by atoms with E-state index in [0.29, 0.717) is 0 Å². The van der Waals surface area contributed by atoms with Crippen molar-refractivity contribution in [2.24, 2.45) is 0 Å². The molecule has 0 spiro atoms. The number of para-hydroxylation sites is 1. The quantitative estimate of drug-likeness (QED) is 0.700. The standard InChI is InChI=1S/C17H17ClN2S/c1-11(13-7-9-14(18)10-8-13)19-12(2)17-20-15-5-3-4-6-16(15)21-17/h3-12,19H,1-2H3/t11-,12?/m0/s1. The second-order valence-electron chi connectivity index (χ2n) is 5.18. The van der Waals surface area contributed by atoms with E-state index in [1.807, 2.05) is 18.2 Å². The third kappa shape index (κ3) is 3.26. The highest BCUT2D eigenvalue weighted by Crippen LogP contribution is 2.28. The number of hydrogen-bond acceptors (Lipinski definition) is 3. The zero-order chi connectivity index (χ0) is 14.8. The maximum atomic E-state index is 5.93. The highest BCUT2D eigenvalue weighted by Gasteiger charge is 2.14. The Hall–Kier alpha value is -1.42. The zero-order valence-corrected chi connectivity index (χ0v) is 13.6. The van der Waals surface area contributed by atoms with Crippen molar-refractivity contribution >= 4 is 33.2 Å². The molecule has 1 heterocycles. The summed E-state index contributed by atoms with van der Waals surface area (Å²) >= 11 is 7.68. The molecule has 1 unspecified atom stereocenters. The molecule has 0 fully saturated rings. The van der Waals surface area contributed by atoms with Gasteiger partial charge in [-0.1, -0.05) is 35.9 Å². The van der Waals surface area contributed by atoms with Crippen molar-refractivity contribution in [1.82, 2.24) is 10.3 Å². The molecule has 0 saturated heterocycles. The minimum absolute atomic E-state index is 0.216. The van der Waals surface area contributed by atoms with E-state index in [4.69, 9.17) is 16.6 Å². The monoisotopic (exact) mass is 316 g/mol. The van der Waals surface area contributed by atoms with Crippen molar-refractivity contribution in [3.05, 3.63) is 64.1 Å². The molecular formula is C17H17ClN2S. The van der Waals surface area contributed by atoms with Crippen LogP contribution in [0.1, 0.15) is 36.5 Å². The molecule has 108 valence electrons. The summed E-state index contributed by atoms with van der Waals surface area (Å²) in [5.74, 6) is 0. The topological polar surface area (TPSA) is 24.9 Å². The first-order chi connectivity index (χ1) is 10.1. The van der Waals surface area contributed by atoms with Crippen molar-refractivity contribution in [2.45, 2.75) is 25.9 Å². The number of nitrogens with one attached hydrogen (secondary N) is 1. The van der Waals surface area contributed by atoms with Gasteiger partial charge in [0.25, 0.3) is 0 Å². The second kappa shape index (κ2) is 6.14. The Bertz CT molecular complexity index is 703. The minimum atomic E-state index is 0.216. The molecule has 0 aliphatic carbocycles. The van der Waals surface area contributed by atoms with E-state index in [1.54, 1.807) is 11.3 Å². The summed E-state index contributed by atoms with van der Waals surface area (Å²) in [5, 5.41) is 5.49. The fraction of sp³-hybridized carbons (Fsp3) is 0.235. The number of nitrogens with zero attached hydrogens (tertiary/aromatic N) is 1. The normalized spacial score (nSPS) is 14.2. The molecule has 0 saturated carbocycles. The van der Waals surface area contributed by atoms with Gasteiger partial charge in [0.15, 0.2) is 0 Å². The maximum absolute atomic E-state index is 5.93. The lowest BCUT2D eigenvalue weighted by Gasteiger charge is -2.18. The van der Waals surface area contributed by atoms with E-state index in [0.717, 1.165) is 15.5 Å². The molecule has 3 aromatic rings. The van der Waals surface area contributed by atoms with Crippen LogP contribution in [0.2, 0.25) is 5.02 Å². The van der Waals surface area contributed by atoms with E-state index in [-0.39, 0.29) is 12.1 Å². The van der Waals surface area contributed by atoms with Crippen LogP contribution in [0.4, 0.5) is 0 Å². The van der Waals surface area contributed by atoms with Gasteiger partial charge in [-0.15, -0.1) is 11.3 Å². The lowest BCUT2D eigenvalue weighted by molar-refractivity contribution is 0.493. The Balaban J connectivity index is 1.75. The van der Waals surface area contributed by atoms with Crippen LogP contribution in [-0.4, -0.2) is 4.98 Å². The van der Waals surface area contributed by atoms with Crippen molar-refractivity contribution in [3.8, 4) is 0 Å². The first-order valence-electron chi connectivity index (χ1n) is 7.00. The average Bonchev–Trinajstić information content (AvgIpc) is 2.92. The minimum Gasteiger partial charge on any atom is -0.302 e. The van der Waals surface area contributed by atoms with Crippen LogP contribution in [0.3, 0.4) is 0 Å². The molecule has 21 heavy (non-hydrogen) atoms. The second-order valence-corrected chi connectivity index (χ2v) is 6.68. The average molecular weight is 317 g/mol. The number of hydrogen-bond donors (Lipinski definition) is 1. The number of halogens is 1. The van der Waals surface area contributed by atoms with Gasteiger partial charge in [-0.3, -0.25) is 0 Å². The highest BCUT2D eigenvalue weighted by atomic mass is 35.5. The molecule has 3 rings (SSSR count). The van der Waals surface area contributed by atoms with Gasteiger partial charge in [-0.2, -0.15) is 0 Å². The maximum Gasteiger partial charge on any atom is 0.111 e. The molecule has 0 radical (unpaired) electrons. The fourth-order valence-electron chi connectivity index (χ4n) is 2.37. The Labute approximate surface area is 133 Å². The zero-order valence-electron chi connectivity index (χ0n) is 12.0. The van der Waals surface area contributed by atoms with Crippen LogP contribution in [-0.2, 0) is 0 Å². The van der Waals surface area contributed by atoms with E-state index in [1.165, 1.54) is 10.3 Å². The number of fused-ring (bicyclic) bond motifs is 1. The van der Waals surface area contributed by atoms with E-state index >= 15 is 0 Å². The van der Waals surface area contributed by atoms with Crippen LogP contribution in [0, 0.1) is 0 Å². The predicted molar refractivity (Wildman–Crippen MR) is 91.0 cm³/mol. The Morgan fingerprint density at radius 3 is 2.43 bits per heavy atom. The molecular weight excluding hydrogens is 300 g/mol. The summed E-state index contributed by atoms with van der Waals surface area (Å²) in [5.41, 5.74) is 2.30. The first-order valence-corrected chi connectivity index (χ1v) is 8.20. The molecule has 0 bridgehead atoms. The van der Waals surface area contributed by atoms with Crippen molar-refractivity contribution in [1.29, 1.82) is 0 Å². The molecule has 2 nitrogen and oxygen atoms in total. The molecule has 0 aliphatic heterocycles. The number of thiazole rings is 1. The van der Waals surface area contributed by atoms with Crippen LogP contribution in [0.25, 0.3) is 10.2 Å². The summed E-state index contributed by atoms with van der Waals surface area (Å²) in [4.78, 5) is 4.71. The van der Waals surface area contributed by atoms with Gasteiger partial charge in [0.2, 0.25) is 0 Å². The van der Waals surface area contributed by atoms with Gasteiger partial charge in [-0.05, 0) is 43.7 Å². The number of aromatic nitrogens is 1. The summed E-state index contributed by atoms with van der Waals surface area (Å²) in [7, 11) is 0. The fourth-order valence-corrected chi connectivity index (χ4v) is 3.47. The third-order valence-electron chi connectivity index (χ3n) is 3.55. The summed E-state index contributed by atoms with van der Waals surface area (Å²) in [6, 6.07) is 16.7. The van der Waals surface area contributed by atoms with Gasteiger partial charge in [0.05, 0.1) is 16.3 Å². The summed E-state index contributed by atoms with van der Waals surface area (Å²) in [6.45, 7) is 4.32. The first kappa shape index (κ1) is 14.5. The molecule has 1 N–H and O–H groups in total.